The molecule has 2 N–H and O–H groups in total. The number of methoxy groups -OCH3 is 2. The number of benzene rings is 1. The van der Waals surface area contributed by atoms with Gasteiger partial charge in [0.1, 0.15) is 22.8 Å². The zero-order valence-corrected chi connectivity index (χ0v) is 16.4. The van der Waals surface area contributed by atoms with Gasteiger partial charge >= 0.3 is 0 Å². The highest BCUT2D eigenvalue weighted by atomic mass is 16.5. The average molecular weight is 371 g/mol. The smallest absolute Gasteiger partial charge is 0.148 e. The normalized spacial score (nSPS) is 21.5. The van der Waals surface area contributed by atoms with E-state index in [-0.39, 0.29) is 6.10 Å². The molecule has 2 aliphatic rings. The van der Waals surface area contributed by atoms with Crippen molar-refractivity contribution in [3.05, 3.63) is 23.8 Å². The van der Waals surface area contributed by atoms with Crippen LogP contribution in [0, 0.1) is 12.3 Å². The van der Waals surface area contributed by atoms with Gasteiger partial charge < -0.3 is 24.8 Å². The lowest BCUT2D eigenvalue weighted by atomic mass is 9.77. The van der Waals surface area contributed by atoms with Gasteiger partial charge in [-0.25, -0.2) is 4.98 Å². The molecule has 2 fully saturated rings. The molecule has 2 aliphatic heterocycles. The molecule has 0 bridgehead atoms. The molecular weight excluding hydrogens is 342 g/mol. The van der Waals surface area contributed by atoms with Gasteiger partial charge in [0.15, 0.2) is 0 Å². The Labute approximate surface area is 160 Å². The van der Waals surface area contributed by atoms with E-state index in [9.17, 15) is 0 Å². The summed E-state index contributed by atoms with van der Waals surface area (Å²) in [6.45, 7) is 5.98. The Kier molecular flexibility index (Phi) is 5.10. The van der Waals surface area contributed by atoms with Gasteiger partial charge in [0.2, 0.25) is 0 Å². The summed E-state index contributed by atoms with van der Waals surface area (Å²) in [7, 11) is 3.33. The Bertz CT molecular complexity index is 818. The molecule has 1 aromatic heterocycles. The van der Waals surface area contributed by atoms with E-state index in [1.807, 2.05) is 12.1 Å². The van der Waals surface area contributed by atoms with Crippen LogP contribution in [0.25, 0.3) is 10.9 Å². The first kappa shape index (κ1) is 18.3. The number of piperidine rings is 1. The Morgan fingerprint density at radius 2 is 2.04 bits per heavy atom. The van der Waals surface area contributed by atoms with Crippen molar-refractivity contribution in [2.45, 2.75) is 32.3 Å². The number of rotatable bonds is 5. The maximum atomic E-state index is 6.10. The largest absolute Gasteiger partial charge is 0.497 e. The predicted octanol–water partition coefficient (Wildman–Crippen LogP) is 3.13. The van der Waals surface area contributed by atoms with Crippen LogP contribution in [0.2, 0.25) is 0 Å². The quantitative estimate of drug-likeness (QED) is 0.842. The van der Waals surface area contributed by atoms with Gasteiger partial charge in [0.05, 0.1) is 26.9 Å². The third-order valence-corrected chi connectivity index (χ3v) is 5.98. The summed E-state index contributed by atoms with van der Waals surface area (Å²) in [6, 6.07) is 5.96. The van der Waals surface area contributed by atoms with Crippen LogP contribution in [0.1, 0.15) is 24.8 Å². The molecule has 6 heteroatoms. The Morgan fingerprint density at radius 1 is 1.22 bits per heavy atom. The van der Waals surface area contributed by atoms with Crippen molar-refractivity contribution in [3.63, 3.8) is 0 Å². The zero-order chi connectivity index (χ0) is 18.9. The molecule has 146 valence electrons. The fourth-order valence-corrected chi connectivity index (χ4v) is 4.35. The summed E-state index contributed by atoms with van der Waals surface area (Å²) in [4.78, 5) is 4.79. The maximum absolute atomic E-state index is 6.10. The Morgan fingerprint density at radius 3 is 2.78 bits per heavy atom. The van der Waals surface area contributed by atoms with Crippen LogP contribution in [-0.4, -0.2) is 51.5 Å². The highest BCUT2D eigenvalue weighted by molar-refractivity contribution is 5.90. The number of anilines is 1. The van der Waals surface area contributed by atoms with Gasteiger partial charge in [-0.3, -0.25) is 0 Å². The summed E-state index contributed by atoms with van der Waals surface area (Å²) < 4.78 is 17.0. The maximum Gasteiger partial charge on any atom is 0.148 e. The number of nitrogens with one attached hydrogen (secondary N) is 2. The molecule has 1 aromatic carbocycles. The van der Waals surface area contributed by atoms with Crippen molar-refractivity contribution in [2.75, 3.05) is 45.8 Å². The third-order valence-electron chi connectivity index (χ3n) is 5.98. The first-order valence-corrected chi connectivity index (χ1v) is 9.72. The summed E-state index contributed by atoms with van der Waals surface area (Å²) in [5, 5.41) is 7.98. The molecule has 6 nitrogen and oxygen atoms in total. The topological polar surface area (TPSA) is 64.6 Å². The number of fused-ring (bicyclic) bond motifs is 1. The standard InChI is InChI=1S/C21H29N3O3/c1-14-8-19(24-20-17(14)9-15(25-2)10-18(20)26-3)23-12-16-11-21(13-27-16)4-6-22-7-5-21/h8-10,16,22H,4-7,11-13H2,1-3H3,(H,23,24). The van der Waals surface area contributed by atoms with Crippen LogP contribution >= 0.6 is 0 Å². The second-order valence-corrected chi connectivity index (χ2v) is 7.82. The van der Waals surface area contributed by atoms with E-state index >= 15 is 0 Å². The van der Waals surface area contributed by atoms with E-state index in [2.05, 4.69) is 23.6 Å². The van der Waals surface area contributed by atoms with Crippen molar-refractivity contribution in [1.29, 1.82) is 0 Å². The molecule has 27 heavy (non-hydrogen) atoms. The van der Waals surface area contributed by atoms with E-state index in [1.54, 1.807) is 14.2 Å². The lowest BCUT2D eigenvalue weighted by Crippen LogP contribution is -2.37. The zero-order valence-electron chi connectivity index (χ0n) is 16.4. The van der Waals surface area contributed by atoms with Crippen molar-refractivity contribution in [1.82, 2.24) is 10.3 Å². The van der Waals surface area contributed by atoms with E-state index in [0.717, 1.165) is 66.4 Å². The number of ether oxygens (including phenoxy) is 3. The Balaban J connectivity index is 1.49. The second kappa shape index (κ2) is 7.52. The van der Waals surface area contributed by atoms with Crippen LogP contribution in [0.5, 0.6) is 11.5 Å². The predicted molar refractivity (Wildman–Crippen MR) is 107 cm³/mol. The lowest BCUT2D eigenvalue weighted by Gasteiger charge is -2.32. The van der Waals surface area contributed by atoms with Crippen LogP contribution in [0.4, 0.5) is 5.82 Å². The van der Waals surface area contributed by atoms with Crippen molar-refractivity contribution >= 4 is 16.7 Å². The molecule has 1 spiro atoms. The van der Waals surface area contributed by atoms with Crippen LogP contribution in [0.15, 0.2) is 18.2 Å². The molecule has 0 radical (unpaired) electrons. The van der Waals surface area contributed by atoms with E-state index < -0.39 is 0 Å². The van der Waals surface area contributed by atoms with Gasteiger partial charge in [0.25, 0.3) is 0 Å². The van der Waals surface area contributed by atoms with Gasteiger partial charge in [-0.05, 0) is 62.4 Å². The molecule has 1 unspecified atom stereocenters. The number of aryl methyl sites for hydroxylation is 1. The van der Waals surface area contributed by atoms with Gasteiger partial charge in [0, 0.05) is 18.0 Å². The molecule has 0 amide bonds. The first-order valence-electron chi connectivity index (χ1n) is 9.72. The number of hydrogen-bond donors (Lipinski definition) is 2. The van der Waals surface area contributed by atoms with Gasteiger partial charge in [-0.1, -0.05) is 0 Å². The van der Waals surface area contributed by atoms with Crippen LogP contribution in [0.3, 0.4) is 0 Å². The molecular formula is C21H29N3O3. The SMILES string of the molecule is COc1cc(OC)c2nc(NCC3CC4(CCNCC4)CO3)cc(C)c2c1. The number of nitrogens with zero attached hydrogens (tertiary/aromatic N) is 1. The molecule has 4 rings (SSSR count). The summed E-state index contributed by atoms with van der Waals surface area (Å²) in [5.74, 6) is 2.36. The fourth-order valence-electron chi connectivity index (χ4n) is 4.35. The van der Waals surface area contributed by atoms with E-state index in [1.165, 1.54) is 12.8 Å². The van der Waals surface area contributed by atoms with Crippen molar-refractivity contribution in [3.8, 4) is 11.5 Å². The van der Waals surface area contributed by atoms with Gasteiger partial charge in [-0.2, -0.15) is 0 Å². The number of aromatic nitrogens is 1. The van der Waals surface area contributed by atoms with Crippen molar-refractivity contribution < 1.29 is 14.2 Å². The molecule has 0 aliphatic carbocycles. The highest BCUT2D eigenvalue weighted by Gasteiger charge is 2.40. The highest BCUT2D eigenvalue weighted by Crippen LogP contribution is 2.40. The minimum atomic E-state index is 0.249. The van der Waals surface area contributed by atoms with Crippen LogP contribution in [-0.2, 0) is 4.74 Å². The summed E-state index contributed by atoms with van der Waals surface area (Å²) in [6.07, 6.45) is 3.82. The monoisotopic (exact) mass is 371 g/mol. The number of pyridine rings is 1. The number of hydrogen-bond acceptors (Lipinski definition) is 6. The minimum Gasteiger partial charge on any atom is -0.497 e. The van der Waals surface area contributed by atoms with E-state index in [0.29, 0.717) is 5.41 Å². The molecule has 2 aromatic rings. The summed E-state index contributed by atoms with van der Waals surface area (Å²) >= 11 is 0. The lowest BCUT2D eigenvalue weighted by molar-refractivity contribution is 0.0924. The average Bonchev–Trinajstić information content (AvgIpc) is 3.08. The minimum absolute atomic E-state index is 0.249. The van der Waals surface area contributed by atoms with Crippen molar-refractivity contribution in [2.24, 2.45) is 5.41 Å². The Hall–Kier alpha value is -2.05. The van der Waals surface area contributed by atoms with E-state index in [4.69, 9.17) is 19.2 Å². The molecule has 2 saturated heterocycles. The third kappa shape index (κ3) is 3.69. The van der Waals surface area contributed by atoms with Gasteiger partial charge in [-0.15, -0.1) is 0 Å². The fraction of sp³-hybridized carbons (Fsp3) is 0.571. The first-order chi connectivity index (χ1) is 13.1. The molecule has 0 saturated carbocycles. The van der Waals surface area contributed by atoms with Crippen LogP contribution < -0.4 is 20.1 Å². The second-order valence-electron chi connectivity index (χ2n) is 7.82. The summed E-state index contributed by atoms with van der Waals surface area (Å²) in [5.41, 5.74) is 2.37. The molecule has 1 atom stereocenters. The molecule has 3 heterocycles.